The predicted molar refractivity (Wildman–Crippen MR) is 63.8 cm³/mol. The zero-order valence-electron chi connectivity index (χ0n) is 9.25. The number of aliphatic hydroxyl groups excluding tert-OH is 1. The van der Waals surface area contributed by atoms with Crippen LogP contribution in [-0.2, 0) is 0 Å². The first-order valence-corrected chi connectivity index (χ1v) is 6.68. The van der Waals surface area contributed by atoms with Crippen molar-refractivity contribution in [2.75, 3.05) is 31.6 Å². The van der Waals surface area contributed by atoms with Gasteiger partial charge in [-0.3, -0.25) is 0 Å². The Morgan fingerprint density at radius 2 is 2.21 bits per heavy atom. The summed E-state index contributed by atoms with van der Waals surface area (Å²) in [7, 11) is 0. The van der Waals surface area contributed by atoms with E-state index in [1.807, 2.05) is 0 Å². The number of alkyl halides is 1. The first kappa shape index (κ1) is 12.5. The largest absolute Gasteiger partial charge is 0.396 e. The number of likely N-dealkylation sites (tertiary alicyclic amines) is 1. The zero-order chi connectivity index (χ0) is 10.6. The van der Waals surface area contributed by atoms with Crippen LogP contribution in [0.5, 0.6) is 0 Å². The van der Waals surface area contributed by atoms with Crippen molar-refractivity contribution in [2.45, 2.75) is 20.3 Å². The molecule has 0 aromatic rings. The lowest BCUT2D eigenvalue weighted by Crippen LogP contribution is -2.31. The molecule has 0 radical (unpaired) electrons. The SMILES string of the molecule is CC(C)C(CBr)CN1CCC(CO)C1. The van der Waals surface area contributed by atoms with Gasteiger partial charge < -0.3 is 10.0 Å². The molecule has 1 aliphatic heterocycles. The molecule has 1 N–H and O–H groups in total. The van der Waals surface area contributed by atoms with E-state index in [4.69, 9.17) is 5.11 Å². The van der Waals surface area contributed by atoms with Crippen LogP contribution in [0.15, 0.2) is 0 Å². The van der Waals surface area contributed by atoms with Gasteiger partial charge in [0, 0.05) is 25.0 Å². The highest BCUT2D eigenvalue weighted by atomic mass is 79.9. The van der Waals surface area contributed by atoms with E-state index in [2.05, 4.69) is 34.7 Å². The van der Waals surface area contributed by atoms with E-state index in [9.17, 15) is 0 Å². The predicted octanol–water partition coefficient (Wildman–Crippen LogP) is 1.97. The molecule has 2 unspecified atom stereocenters. The highest BCUT2D eigenvalue weighted by molar-refractivity contribution is 9.09. The molecule has 1 rings (SSSR count). The van der Waals surface area contributed by atoms with Crippen molar-refractivity contribution in [3.63, 3.8) is 0 Å². The minimum absolute atomic E-state index is 0.358. The van der Waals surface area contributed by atoms with Crippen molar-refractivity contribution in [3.05, 3.63) is 0 Å². The second kappa shape index (κ2) is 6.09. The van der Waals surface area contributed by atoms with Crippen LogP contribution in [0.4, 0.5) is 0 Å². The van der Waals surface area contributed by atoms with Crippen molar-refractivity contribution < 1.29 is 5.11 Å². The summed E-state index contributed by atoms with van der Waals surface area (Å²) in [4.78, 5) is 2.49. The summed E-state index contributed by atoms with van der Waals surface area (Å²) in [5.41, 5.74) is 0. The topological polar surface area (TPSA) is 23.5 Å². The summed E-state index contributed by atoms with van der Waals surface area (Å²) in [5.74, 6) is 2.01. The second-order valence-electron chi connectivity index (χ2n) is 4.76. The van der Waals surface area contributed by atoms with Gasteiger partial charge in [-0.05, 0) is 30.7 Å². The molecule has 3 heteroatoms. The van der Waals surface area contributed by atoms with Crippen LogP contribution in [0.2, 0.25) is 0 Å². The van der Waals surface area contributed by atoms with Crippen LogP contribution in [-0.4, -0.2) is 41.6 Å². The summed E-state index contributed by atoms with van der Waals surface area (Å²) >= 11 is 3.58. The van der Waals surface area contributed by atoms with Gasteiger partial charge in [-0.25, -0.2) is 0 Å². The molecule has 0 aromatic carbocycles. The van der Waals surface area contributed by atoms with E-state index in [0.29, 0.717) is 12.5 Å². The Bertz CT molecular complexity index is 163. The van der Waals surface area contributed by atoms with Crippen LogP contribution < -0.4 is 0 Å². The van der Waals surface area contributed by atoms with Gasteiger partial charge in [0.25, 0.3) is 0 Å². The van der Waals surface area contributed by atoms with Gasteiger partial charge in [-0.1, -0.05) is 29.8 Å². The number of halogens is 1. The minimum Gasteiger partial charge on any atom is -0.396 e. The summed E-state index contributed by atoms with van der Waals surface area (Å²) < 4.78 is 0. The van der Waals surface area contributed by atoms with E-state index < -0.39 is 0 Å². The van der Waals surface area contributed by atoms with Gasteiger partial charge in [0.1, 0.15) is 0 Å². The Morgan fingerprint density at radius 1 is 1.50 bits per heavy atom. The van der Waals surface area contributed by atoms with Crippen molar-refractivity contribution in [1.29, 1.82) is 0 Å². The lowest BCUT2D eigenvalue weighted by molar-refractivity contribution is 0.207. The Kier molecular flexibility index (Phi) is 5.42. The maximum absolute atomic E-state index is 9.05. The Hall–Kier alpha value is 0.400. The molecule has 0 aromatic heterocycles. The minimum atomic E-state index is 0.358. The smallest absolute Gasteiger partial charge is 0.0471 e. The Labute approximate surface area is 95.8 Å². The third-order valence-electron chi connectivity index (χ3n) is 3.26. The standard InChI is InChI=1S/C11H22BrNO/c1-9(2)11(5-12)7-13-4-3-10(6-13)8-14/h9-11,14H,3-8H2,1-2H3. The van der Waals surface area contributed by atoms with E-state index >= 15 is 0 Å². The quantitative estimate of drug-likeness (QED) is 0.767. The van der Waals surface area contributed by atoms with Gasteiger partial charge in [-0.15, -0.1) is 0 Å². The molecule has 0 saturated carbocycles. The number of aliphatic hydroxyl groups is 1. The van der Waals surface area contributed by atoms with E-state index in [0.717, 1.165) is 23.7 Å². The number of hydrogen-bond acceptors (Lipinski definition) is 2. The first-order valence-electron chi connectivity index (χ1n) is 5.56. The summed E-state index contributed by atoms with van der Waals surface area (Å²) in [5, 5.41) is 10.1. The van der Waals surface area contributed by atoms with Crippen molar-refractivity contribution in [1.82, 2.24) is 4.90 Å². The maximum Gasteiger partial charge on any atom is 0.0471 e. The number of nitrogens with zero attached hydrogens (tertiary/aromatic N) is 1. The molecule has 84 valence electrons. The summed E-state index contributed by atoms with van der Waals surface area (Å²) in [6.07, 6.45) is 1.17. The summed E-state index contributed by atoms with van der Waals surface area (Å²) in [6.45, 7) is 8.36. The molecule has 2 nitrogen and oxygen atoms in total. The normalized spacial score (nSPS) is 25.9. The fourth-order valence-corrected chi connectivity index (χ4v) is 2.95. The maximum atomic E-state index is 9.05. The van der Waals surface area contributed by atoms with Crippen molar-refractivity contribution in [2.24, 2.45) is 17.8 Å². The molecule has 0 bridgehead atoms. The van der Waals surface area contributed by atoms with Crippen LogP contribution in [0, 0.1) is 17.8 Å². The monoisotopic (exact) mass is 263 g/mol. The number of hydrogen-bond donors (Lipinski definition) is 1. The lowest BCUT2D eigenvalue weighted by Gasteiger charge is -2.24. The van der Waals surface area contributed by atoms with Crippen LogP contribution in [0.3, 0.4) is 0 Å². The Balaban J connectivity index is 2.30. The molecule has 0 spiro atoms. The molecule has 1 saturated heterocycles. The second-order valence-corrected chi connectivity index (χ2v) is 5.40. The van der Waals surface area contributed by atoms with E-state index in [1.165, 1.54) is 19.5 Å². The van der Waals surface area contributed by atoms with Crippen LogP contribution in [0.25, 0.3) is 0 Å². The molecule has 14 heavy (non-hydrogen) atoms. The van der Waals surface area contributed by atoms with Crippen LogP contribution >= 0.6 is 15.9 Å². The fraction of sp³-hybridized carbons (Fsp3) is 1.00. The average molecular weight is 264 g/mol. The van der Waals surface area contributed by atoms with E-state index in [1.54, 1.807) is 0 Å². The molecular formula is C11H22BrNO. The molecule has 0 aliphatic carbocycles. The highest BCUT2D eigenvalue weighted by Gasteiger charge is 2.24. The molecule has 2 atom stereocenters. The summed E-state index contributed by atoms with van der Waals surface area (Å²) in [6, 6.07) is 0. The highest BCUT2D eigenvalue weighted by Crippen LogP contribution is 2.21. The van der Waals surface area contributed by atoms with E-state index in [-0.39, 0.29) is 0 Å². The van der Waals surface area contributed by atoms with Gasteiger partial charge >= 0.3 is 0 Å². The van der Waals surface area contributed by atoms with Gasteiger partial charge in [0.2, 0.25) is 0 Å². The van der Waals surface area contributed by atoms with Crippen LogP contribution in [0.1, 0.15) is 20.3 Å². The molecule has 1 aliphatic rings. The molecule has 1 fully saturated rings. The number of rotatable bonds is 5. The molecule has 0 amide bonds. The lowest BCUT2D eigenvalue weighted by atomic mass is 9.98. The molecule has 1 heterocycles. The fourth-order valence-electron chi connectivity index (χ4n) is 2.00. The Morgan fingerprint density at radius 3 is 2.64 bits per heavy atom. The molecular weight excluding hydrogens is 242 g/mol. The zero-order valence-corrected chi connectivity index (χ0v) is 10.8. The van der Waals surface area contributed by atoms with Gasteiger partial charge in [0.05, 0.1) is 0 Å². The van der Waals surface area contributed by atoms with Crippen molar-refractivity contribution >= 4 is 15.9 Å². The van der Waals surface area contributed by atoms with Gasteiger partial charge in [-0.2, -0.15) is 0 Å². The first-order chi connectivity index (χ1) is 6.67. The third kappa shape index (κ3) is 3.52. The van der Waals surface area contributed by atoms with Crippen molar-refractivity contribution in [3.8, 4) is 0 Å². The van der Waals surface area contributed by atoms with Gasteiger partial charge in [0.15, 0.2) is 0 Å². The third-order valence-corrected chi connectivity index (χ3v) is 4.09. The average Bonchev–Trinajstić information content (AvgIpc) is 2.61.